The second kappa shape index (κ2) is 11.8. The van der Waals surface area contributed by atoms with E-state index in [2.05, 4.69) is 56.2 Å². The number of aromatic nitrogens is 4. The van der Waals surface area contributed by atoms with Gasteiger partial charge >= 0.3 is 0 Å². The molecule has 0 radical (unpaired) electrons. The molecule has 3 N–H and O–H groups in total. The number of anilines is 1. The summed E-state index contributed by atoms with van der Waals surface area (Å²) in [5.74, 6) is 1.20. The molecule has 0 amide bonds. The van der Waals surface area contributed by atoms with Gasteiger partial charge in [-0.15, -0.1) is 0 Å². The highest BCUT2D eigenvalue weighted by molar-refractivity contribution is 5.84. The summed E-state index contributed by atoms with van der Waals surface area (Å²) in [6.07, 6.45) is 5.65. The molecule has 2 fully saturated rings. The predicted octanol–water partition coefficient (Wildman–Crippen LogP) is 6.33. The Kier molecular flexibility index (Phi) is 7.81. The van der Waals surface area contributed by atoms with Gasteiger partial charge in [0, 0.05) is 37.1 Å². The first-order chi connectivity index (χ1) is 20.2. The van der Waals surface area contributed by atoms with E-state index in [4.69, 9.17) is 15.7 Å². The van der Waals surface area contributed by atoms with E-state index in [0.717, 1.165) is 52.6 Å². The lowest BCUT2D eigenvalue weighted by Crippen LogP contribution is -2.41. The number of piperidine rings is 1. The van der Waals surface area contributed by atoms with E-state index < -0.39 is 0 Å². The molecule has 5 aromatic rings. The van der Waals surface area contributed by atoms with Gasteiger partial charge in [-0.25, -0.2) is 15.0 Å². The highest BCUT2D eigenvalue weighted by atomic mass is 15.2. The minimum atomic E-state index is 0.453. The lowest BCUT2D eigenvalue weighted by Gasteiger charge is -2.34. The van der Waals surface area contributed by atoms with Crippen molar-refractivity contribution in [2.45, 2.75) is 39.7 Å². The molecule has 0 saturated carbocycles. The first-order valence-electron chi connectivity index (χ1n) is 14.9. The largest absolute Gasteiger partial charge is 0.383 e. The van der Waals surface area contributed by atoms with Crippen LogP contribution in [-0.2, 0) is 6.54 Å². The Morgan fingerprint density at radius 3 is 2.49 bits per heavy atom. The van der Waals surface area contributed by atoms with Crippen LogP contribution < -0.4 is 11.1 Å². The number of nitrogens with zero attached hydrogens (tertiary/aromatic N) is 5. The van der Waals surface area contributed by atoms with Crippen molar-refractivity contribution >= 4 is 17.0 Å². The molecule has 7 nitrogen and oxygen atoms in total. The smallest absolute Gasteiger partial charge is 0.165 e. The van der Waals surface area contributed by atoms with Crippen LogP contribution in [0, 0.1) is 5.41 Å². The van der Waals surface area contributed by atoms with Crippen molar-refractivity contribution in [3.05, 3.63) is 90.6 Å². The molecule has 5 heterocycles. The number of nitrogens with one attached hydrogen (secondary N) is 1. The summed E-state index contributed by atoms with van der Waals surface area (Å²) in [5.41, 5.74) is 13.5. The fourth-order valence-electron chi connectivity index (χ4n) is 6.31. The predicted molar refractivity (Wildman–Crippen MR) is 168 cm³/mol. The number of nitrogen functional groups attached to an aromatic ring is 1. The Hall–Kier alpha value is -4.07. The maximum atomic E-state index is 6.32. The van der Waals surface area contributed by atoms with Gasteiger partial charge < -0.3 is 11.1 Å². The number of benzene rings is 2. The van der Waals surface area contributed by atoms with E-state index in [-0.39, 0.29) is 0 Å². The van der Waals surface area contributed by atoms with Crippen LogP contribution in [0.4, 0.5) is 5.82 Å². The van der Waals surface area contributed by atoms with Crippen LogP contribution in [0.3, 0.4) is 0 Å². The summed E-state index contributed by atoms with van der Waals surface area (Å²) in [6.45, 7) is 9.66. The molecule has 7 heteroatoms. The molecule has 210 valence electrons. The van der Waals surface area contributed by atoms with E-state index in [1.54, 1.807) is 6.20 Å². The minimum Gasteiger partial charge on any atom is -0.383 e. The number of nitrogens with two attached hydrogens (primary N) is 1. The van der Waals surface area contributed by atoms with E-state index in [9.17, 15) is 0 Å². The zero-order chi connectivity index (χ0) is 28.2. The first-order valence-corrected chi connectivity index (χ1v) is 14.9. The summed E-state index contributed by atoms with van der Waals surface area (Å²) in [4.78, 5) is 17.0. The lowest BCUT2D eigenvalue weighted by atomic mass is 9.80. The van der Waals surface area contributed by atoms with Crippen LogP contribution in [-0.4, -0.2) is 50.6 Å². The molecule has 2 aromatic carbocycles. The Balaban J connectivity index is 0.00000148. The first kappa shape index (κ1) is 27.1. The molecule has 1 spiro atoms. The van der Waals surface area contributed by atoms with E-state index in [0.29, 0.717) is 11.2 Å². The van der Waals surface area contributed by atoms with Crippen molar-refractivity contribution in [3.63, 3.8) is 0 Å². The molecule has 2 saturated heterocycles. The summed E-state index contributed by atoms with van der Waals surface area (Å²) in [7, 11) is 0. The molecule has 41 heavy (non-hydrogen) atoms. The van der Waals surface area contributed by atoms with E-state index in [1.807, 2.05) is 56.3 Å². The van der Waals surface area contributed by atoms with Crippen molar-refractivity contribution in [3.8, 4) is 28.3 Å². The van der Waals surface area contributed by atoms with Gasteiger partial charge in [0.25, 0.3) is 0 Å². The zero-order valence-corrected chi connectivity index (χ0v) is 24.1. The molecular weight excluding hydrogens is 506 g/mol. The van der Waals surface area contributed by atoms with Crippen LogP contribution in [0.25, 0.3) is 39.5 Å². The Morgan fingerprint density at radius 1 is 0.902 bits per heavy atom. The van der Waals surface area contributed by atoms with Gasteiger partial charge in [-0.2, -0.15) is 0 Å². The second-order valence-corrected chi connectivity index (χ2v) is 11.0. The van der Waals surface area contributed by atoms with Crippen molar-refractivity contribution in [2.75, 3.05) is 31.9 Å². The number of pyridine rings is 2. The Morgan fingerprint density at radius 2 is 1.73 bits per heavy atom. The van der Waals surface area contributed by atoms with Crippen molar-refractivity contribution < 1.29 is 0 Å². The molecule has 2 aliphatic heterocycles. The van der Waals surface area contributed by atoms with Crippen molar-refractivity contribution in [2.24, 2.45) is 5.41 Å². The number of imidazole rings is 1. The average Bonchev–Trinajstić information content (AvgIpc) is 3.60. The maximum absolute atomic E-state index is 6.32. The zero-order valence-electron chi connectivity index (χ0n) is 24.1. The summed E-state index contributed by atoms with van der Waals surface area (Å²) in [5, 5.41) is 3.62. The Bertz CT molecular complexity index is 1600. The minimum absolute atomic E-state index is 0.453. The van der Waals surface area contributed by atoms with Crippen LogP contribution >= 0.6 is 0 Å². The molecule has 3 aromatic heterocycles. The second-order valence-electron chi connectivity index (χ2n) is 11.0. The third-order valence-electron chi connectivity index (χ3n) is 8.33. The molecule has 7 rings (SSSR count). The van der Waals surface area contributed by atoms with Crippen molar-refractivity contribution in [1.29, 1.82) is 0 Å². The standard InChI is InChI=1S/C32H33N7.C2H6/c33-29-26(8-4-18-35-29)30-37-28-14-13-27(24-6-2-1-3-7-24)36-31(28)39(30)25-11-9-23(10-12-25)20-38-19-16-32(22-38)15-5-17-34-21-32;1-2/h1-4,6-14,18,34H,5,15-17,19-22H2,(H2,33,35);1-2H3. The Labute approximate surface area is 242 Å². The normalized spacial score (nSPS) is 18.9. The number of rotatable bonds is 5. The average molecular weight is 546 g/mol. The van der Waals surface area contributed by atoms with Crippen LogP contribution in [0.5, 0.6) is 0 Å². The number of likely N-dealkylation sites (tertiary alicyclic amines) is 1. The van der Waals surface area contributed by atoms with Crippen LogP contribution in [0.15, 0.2) is 85.1 Å². The fraction of sp³-hybridized carbons (Fsp3) is 0.324. The van der Waals surface area contributed by atoms with Crippen molar-refractivity contribution in [1.82, 2.24) is 29.7 Å². The van der Waals surface area contributed by atoms with E-state index >= 15 is 0 Å². The third kappa shape index (κ3) is 5.47. The molecule has 1 unspecified atom stereocenters. The van der Waals surface area contributed by atoms with Crippen LogP contribution in [0.2, 0.25) is 0 Å². The maximum Gasteiger partial charge on any atom is 0.165 e. The topological polar surface area (TPSA) is 84.9 Å². The SMILES string of the molecule is CC.Nc1ncccc1-c1nc2ccc(-c3ccccc3)nc2n1-c1ccc(CN2CCC3(CCCNC3)C2)cc1. The third-order valence-corrected chi connectivity index (χ3v) is 8.33. The molecule has 0 aliphatic carbocycles. The van der Waals surface area contributed by atoms with Gasteiger partial charge in [0.1, 0.15) is 11.3 Å². The molecular formula is C34H39N7. The number of fused-ring (bicyclic) bond motifs is 1. The number of hydrogen-bond donors (Lipinski definition) is 2. The summed E-state index contributed by atoms with van der Waals surface area (Å²) in [6, 6.07) is 27.0. The highest BCUT2D eigenvalue weighted by Crippen LogP contribution is 2.37. The van der Waals surface area contributed by atoms with Crippen LogP contribution in [0.1, 0.15) is 38.7 Å². The van der Waals surface area contributed by atoms with Gasteiger partial charge in [0.15, 0.2) is 11.5 Å². The molecule has 1 atom stereocenters. The molecule has 0 bridgehead atoms. The van der Waals surface area contributed by atoms with E-state index in [1.165, 1.54) is 44.5 Å². The summed E-state index contributed by atoms with van der Waals surface area (Å²) >= 11 is 0. The van der Waals surface area contributed by atoms with Gasteiger partial charge in [-0.3, -0.25) is 9.47 Å². The monoisotopic (exact) mass is 545 g/mol. The van der Waals surface area contributed by atoms with Gasteiger partial charge in [-0.1, -0.05) is 56.3 Å². The quantitative estimate of drug-likeness (QED) is 0.268. The van der Waals surface area contributed by atoms with Gasteiger partial charge in [-0.05, 0) is 79.7 Å². The lowest BCUT2D eigenvalue weighted by molar-refractivity contribution is 0.199. The number of hydrogen-bond acceptors (Lipinski definition) is 6. The highest BCUT2D eigenvalue weighted by Gasteiger charge is 2.38. The summed E-state index contributed by atoms with van der Waals surface area (Å²) < 4.78 is 2.11. The van der Waals surface area contributed by atoms with Gasteiger partial charge in [0.05, 0.1) is 11.3 Å². The molecule has 2 aliphatic rings. The van der Waals surface area contributed by atoms with Gasteiger partial charge in [0.2, 0.25) is 0 Å². The fourth-order valence-corrected chi connectivity index (χ4v) is 6.31.